The Morgan fingerprint density at radius 2 is 2.29 bits per heavy atom. The van der Waals surface area contributed by atoms with E-state index in [9.17, 15) is 5.11 Å². The van der Waals surface area contributed by atoms with Gasteiger partial charge >= 0.3 is 0 Å². The molecule has 0 heterocycles. The van der Waals surface area contributed by atoms with E-state index < -0.39 is 6.10 Å². The number of guanidine groups is 1. The van der Waals surface area contributed by atoms with E-state index in [4.69, 9.17) is 4.74 Å². The quantitative estimate of drug-likeness (QED) is 0.525. The van der Waals surface area contributed by atoms with Gasteiger partial charge in [0, 0.05) is 12.6 Å². The van der Waals surface area contributed by atoms with Gasteiger partial charge in [-0.1, -0.05) is 12.1 Å². The molecule has 1 aliphatic rings. The van der Waals surface area contributed by atoms with Crippen molar-refractivity contribution in [2.24, 2.45) is 4.99 Å². The van der Waals surface area contributed by atoms with Crippen LogP contribution in [0.1, 0.15) is 25.3 Å². The Kier molecular flexibility index (Phi) is 5.87. The predicted octanol–water partition coefficient (Wildman–Crippen LogP) is 1.45. The Hall–Kier alpha value is -1.75. The third-order valence-corrected chi connectivity index (χ3v) is 3.15. The number of nitrogens with zero attached hydrogens (tertiary/aromatic N) is 1. The monoisotopic (exact) mass is 291 g/mol. The fraction of sp³-hybridized carbons (Fsp3) is 0.562. The van der Waals surface area contributed by atoms with Gasteiger partial charge in [-0.05, 0) is 44.4 Å². The molecule has 0 amide bonds. The largest absolute Gasteiger partial charge is 0.491 e. The lowest BCUT2D eigenvalue weighted by Crippen LogP contribution is -2.39. The van der Waals surface area contributed by atoms with Crippen LogP contribution in [0.2, 0.25) is 0 Å². The van der Waals surface area contributed by atoms with Gasteiger partial charge in [0.15, 0.2) is 5.96 Å². The maximum Gasteiger partial charge on any atom is 0.191 e. The number of aliphatic hydroxyl groups excluding tert-OH is 1. The summed E-state index contributed by atoms with van der Waals surface area (Å²) < 4.78 is 5.57. The Labute approximate surface area is 126 Å². The van der Waals surface area contributed by atoms with Crippen LogP contribution in [0.15, 0.2) is 29.3 Å². The number of aliphatic imine (C=N–C) groups is 1. The molecule has 0 spiro atoms. The number of rotatable bonds is 7. The van der Waals surface area contributed by atoms with Crippen LogP contribution in [0, 0.1) is 6.92 Å². The SMILES string of the molecule is CCNC(=NC[C@H](O)COc1cccc(C)c1)NC1CC1. The molecular weight excluding hydrogens is 266 g/mol. The number of aryl methyl sites for hydroxylation is 1. The summed E-state index contributed by atoms with van der Waals surface area (Å²) in [5, 5.41) is 16.5. The molecule has 0 aliphatic heterocycles. The number of nitrogens with one attached hydrogen (secondary N) is 2. The molecule has 5 nitrogen and oxygen atoms in total. The maximum absolute atomic E-state index is 9.96. The highest BCUT2D eigenvalue weighted by Crippen LogP contribution is 2.18. The van der Waals surface area contributed by atoms with Gasteiger partial charge in [-0.25, -0.2) is 0 Å². The topological polar surface area (TPSA) is 65.9 Å². The molecule has 1 aliphatic carbocycles. The normalized spacial score (nSPS) is 16.4. The van der Waals surface area contributed by atoms with Crippen LogP contribution in [-0.4, -0.2) is 42.9 Å². The van der Waals surface area contributed by atoms with Crippen molar-refractivity contribution in [2.75, 3.05) is 19.7 Å². The standard InChI is InChI=1S/C16H25N3O2/c1-3-17-16(19-13-7-8-13)18-10-14(20)11-21-15-6-4-5-12(2)9-15/h4-6,9,13-14,20H,3,7-8,10-11H2,1-2H3,(H2,17,18,19)/t14-/m0/s1. The number of aliphatic hydroxyl groups is 1. The van der Waals surface area contributed by atoms with E-state index in [1.165, 1.54) is 12.8 Å². The molecule has 5 heteroatoms. The Bertz CT molecular complexity index is 472. The Morgan fingerprint density at radius 3 is 2.95 bits per heavy atom. The van der Waals surface area contributed by atoms with E-state index in [1.807, 2.05) is 38.1 Å². The first-order chi connectivity index (χ1) is 10.2. The molecule has 1 aromatic rings. The van der Waals surface area contributed by atoms with E-state index in [0.29, 0.717) is 12.6 Å². The summed E-state index contributed by atoms with van der Waals surface area (Å²) in [5.74, 6) is 1.55. The van der Waals surface area contributed by atoms with E-state index in [-0.39, 0.29) is 6.61 Å². The molecule has 1 aromatic carbocycles. The van der Waals surface area contributed by atoms with Crippen molar-refractivity contribution in [2.45, 2.75) is 38.8 Å². The minimum absolute atomic E-state index is 0.246. The van der Waals surface area contributed by atoms with Crippen LogP contribution in [-0.2, 0) is 0 Å². The molecule has 0 unspecified atom stereocenters. The molecule has 0 radical (unpaired) electrons. The van der Waals surface area contributed by atoms with Crippen molar-refractivity contribution in [3.8, 4) is 5.75 Å². The third-order valence-electron chi connectivity index (χ3n) is 3.15. The minimum atomic E-state index is -0.611. The van der Waals surface area contributed by atoms with Gasteiger partial charge in [0.1, 0.15) is 18.5 Å². The van der Waals surface area contributed by atoms with Crippen LogP contribution < -0.4 is 15.4 Å². The second kappa shape index (κ2) is 7.88. The first-order valence-corrected chi connectivity index (χ1v) is 7.59. The summed E-state index contributed by atoms with van der Waals surface area (Å²) in [6.07, 6.45) is 1.78. The van der Waals surface area contributed by atoms with Crippen LogP contribution >= 0.6 is 0 Å². The lowest BCUT2D eigenvalue weighted by molar-refractivity contribution is 0.114. The zero-order valence-corrected chi connectivity index (χ0v) is 12.8. The van der Waals surface area contributed by atoms with Gasteiger partial charge < -0.3 is 20.5 Å². The molecule has 3 N–H and O–H groups in total. The Balaban J connectivity index is 1.75. The molecule has 116 valence electrons. The average Bonchev–Trinajstić information content (AvgIpc) is 3.27. The van der Waals surface area contributed by atoms with Crippen LogP contribution in [0.25, 0.3) is 0 Å². The van der Waals surface area contributed by atoms with Crippen molar-refractivity contribution >= 4 is 5.96 Å². The zero-order valence-electron chi connectivity index (χ0n) is 12.8. The fourth-order valence-electron chi connectivity index (χ4n) is 1.89. The summed E-state index contributed by atoms with van der Waals surface area (Å²) in [5.41, 5.74) is 1.14. The van der Waals surface area contributed by atoms with Crippen molar-refractivity contribution in [1.29, 1.82) is 0 Å². The zero-order chi connectivity index (χ0) is 15.1. The second-order valence-corrected chi connectivity index (χ2v) is 5.42. The van der Waals surface area contributed by atoms with Crippen LogP contribution in [0.3, 0.4) is 0 Å². The van der Waals surface area contributed by atoms with Gasteiger partial charge in [-0.15, -0.1) is 0 Å². The first-order valence-electron chi connectivity index (χ1n) is 7.59. The van der Waals surface area contributed by atoms with Crippen molar-refractivity contribution in [3.05, 3.63) is 29.8 Å². The highest BCUT2D eigenvalue weighted by atomic mass is 16.5. The van der Waals surface area contributed by atoms with E-state index in [1.54, 1.807) is 0 Å². The highest BCUT2D eigenvalue weighted by molar-refractivity contribution is 5.80. The number of ether oxygens (including phenoxy) is 1. The summed E-state index contributed by atoms with van der Waals surface area (Å²) >= 11 is 0. The molecule has 1 saturated carbocycles. The molecule has 0 aromatic heterocycles. The van der Waals surface area contributed by atoms with E-state index in [0.717, 1.165) is 23.8 Å². The average molecular weight is 291 g/mol. The Morgan fingerprint density at radius 1 is 1.48 bits per heavy atom. The molecule has 21 heavy (non-hydrogen) atoms. The fourth-order valence-corrected chi connectivity index (χ4v) is 1.89. The van der Waals surface area contributed by atoms with Gasteiger partial charge in [0.25, 0.3) is 0 Å². The molecule has 1 atom stereocenters. The number of hydrogen-bond donors (Lipinski definition) is 3. The van der Waals surface area contributed by atoms with Crippen molar-refractivity contribution in [3.63, 3.8) is 0 Å². The van der Waals surface area contributed by atoms with Crippen molar-refractivity contribution in [1.82, 2.24) is 10.6 Å². The summed E-state index contributed by atoms with van der Waals surface area (Å²) in [7, 11) is 0. The first kappa shape index (κ1) is 15.6. The molecule has 0 bridgehead atoms. The molecule has 2 rings (SSSR count). The summed E-state index contributed by atoms with van der Waals surface area (Å²) in [4.78, 5) is 4.39. The minimum Gasteiger partial charge on any atom is -0.491 e. The third kappa shape index (κ3) is 6.04. The van der Waals surface area contributed by atoms with Crippen LogP contribution in [0.4, 0.5) is 0 Å². The summed E-state index contributed by atoms with van der Waals surface area (Å²) in [6.45, 7) is 5.43. The lowest BCUT2D eigenvalue weighted by atomic mass is 10.2. The van der Waals surface area contributed by atoms with E-state index in [2.05, 4.69) is 15.6 Å². The maximum atomic E-state index is 9.96. The number of hydrogen-bond acceptors (Lipinski definition) is 3. The van der Waals surface area contributed by atoms with Gasteiger partial charge in [0.2, 0.25) is 0 Å². The molecular formula is C16H25N3O2. The second-order valence-electron chi connectivity index (χ2n) is 5.42. The van der Waals surface area contributed by atoms with Crippen LogP contribution in [0.5, 0.6) is 5.75 Å². The van der Waals surface area contributed by atoms with Gasteiger partial charge in [0.05, 0.1) is 6.54 Å². The molecule has 1 fully saturated rings. The van der Waals surface area contributed by atoms with Crippen molar-refractivity contribution < 1.29 is 9.84 Å². The van der Waals surface area contributed by atoms with E-state index >= 15 is 0 Å². The highest BCUT2D eigenvalue weighted by Gasteiger charge is 2.22. The lowest BCUT2D eigenvalue weighted by Gasteiger charge is -2.13. The summed E-state index contributed by atoms with van der Waals surface area (Å²) in [6, 6.07) is 8.34. The van der Waals surface area contributed by atoms with Gasteiger partial charge in [-0.3, -0.25) is 4.99 Å². The number of benzene rings is 1. The predicted molar refractivity (Wildman–Crippen MR) is 84.8 cm³/mol. The smallest absolute Gasteiger partial charge is 0.191 e. The van der Waals surface area contributed by atoms with Gasteiger partial charge in [-0.2, -0.15) is 0 Å². The molecule has 0 saturated heterocycles.